The zero-order valence-electron chi connectivity index (χ0n) is 7.77. The highest BCUT2D eigenvalue weighted by atomic mass is 79.9. The van der Waals surface area contributed by atoms with E-state index in [1.165, 1.54) is 14.9 Å². The second kappa shape index (κ2) is 5.58. The molecular formula is C10H14BrNS. The molecule has 0 atom stereocenters. The number of nitrogens with one attached hydrogen (secondary N) is 1. The van der Waals surface area contributed by atoms with Crippen LogP contribution in [0.25, 0.3) is 0 Å². The summed E-state index contributed by atoms with van der Waals surface area (Å²) in [5.74, 6) is 0. The Hall–Kier alpha value is -0.120. The molecule has 1 nitrogen and oxygen atoms in total. The van der Waals surface area contributed by atoms with Crippen LogP contribution >= 0.6 is 27.3 Å². The van der Waals surface area contributed by atoms with Crippen molar-refractivity contribution in [3.05, 3.63) is 32.9 Å². The minimum Gasteiger partial charge on any atom is -0.312 e. The van der Waals surface area contributed by atoms with Gasteiger partial charge in [-0.05, 0) is 41.9 Å². The molecule has 3 heteroatoms. The molecule has 0 saturated carbocycles. The molecule has 0 aliphatic heterocycles. The van der Waals surface area contributed by atoms with Gasteiger partial charge in [-0.2, -0.15) is 0 Å². The van der Waals surface area contributed by atoms with Gasteiger partial charge in [-0.3, -0.25) is 0 Å². The summed E-state index contributed by atoms with van der Waals surface area (Å²) >= 11 is 5.21. The van der Waals surface area contributed by atoms with Crippen LogP contribution in [0.15, 0.2) is 28.1 Å². The highest BCUT2D eigenvalue weighted by molar-refractivity contribution is 9.10. The van der Waals surface area contributed by atoms with Crippen molar-refractivity contribution in [1.29, 1.82) is 0 Å². The molecule has 1 N–H and O–H groups in total. The fourth-order valence-electron chi connectivity index (χ4n) is 0.960. The van der Waals surface area contributed by atoms with E-state index in [0.717, 1.165) is 19.5 Å². The molecule has 0 radical (unpaired) electrons. The predicted octanol–water partition coefficient (Wildman–Crippen LogP) is 3.57. The second-order valence-electron chi connectivity index (χ2n) is 3.12. The third-order valence-corrected chi connectivity index (χ3v) is 3.35. The molecule has 1 aromatic rings. The van der Waals surface area contributed by atoms with E-state index < -0.39 is 0 Å². The number of rotatable bonds is 5. The minimum absolute atomic E-state index is 0.962. The number of hydrogen-bond acceptors (Lipinski definition) is 2. The molecule has 0 spiro atoms. The maximum atomic E-state index is 3.86. The lowest BCUT2D eigenvalue weighted by Gasteiger charge is -2.01. The van der Waals surface area contributed by atoms with Crippen molar-refractivity contribution in [3.63, 3.8) is 0 Å². The Kier molecular flexibility index (Phi) is 4.70. The van der Waals surface area contributed by atoms with E-state index in [0.29, 0.717) is 0 Å². The van der Waals surface area contributed by atoms with Crippen molar-refractivity contribution in [1.82, 2.24) is 5.32 Å². The van der Waals surface area contributed by atoms with E-state index in [2.05, 4.69) is 46.2 Å². The third kappa shape index (κ3) is 4.60. The minimum atomic E-state index is 0.962. The zero-order chi connectivity index (χ0) is 9.68. The van der Waals surface area contributed by atoms with E-state index >= 15 is 0 Å². The first-order valence-electron chi connectivity index (χ1n) is 4.26. The van der Waals surface area contributed by atoms with Crippen LogP contribution in [0.1, 0.15) is 18.2 Å². The van der Waals surface area contributed by atoms with Crippen LogP contribution in [-0.4, -0.2) is 6.54 Å². The van der Waals surface area contributed by atoms with Gasteiger partial charge in [0.05, 0.1) is 0 Å². The topological polar surface area (TPSA) is 12.0 Å². The van der Waals surface area contributed by atoms with Gasteiger partial charge >= 0.3 is 0 Å². The summed E-state index contributed by atoms with van der Waals surface area (Å²) in [7, 11) is 0. The van der Waals surface area contributed by atoms with Crippen LogP contribution in [-0.2, 0) is 6.54 Å². The van der Waals surface area contributed by atoms with Gasteiger partial charge in [-0.15, -0.1) is 17.9 Å². The fourth-order valence-corrected chi connectivity index (χ4v) is 2.38. The average molecular weight is 260 g/mol. The Balaban J connectivity index is 2.16. The number of hydrogen-bond donors (Lipinski definition) is 1. The van der Waals surface area contributed by atoms with Crippen LogP contribution < -0.4 is 5.32 Å². The van der Waals surface area contributed by atoms with Crippen LogP contribution in [0.5, 0.6) is 0 Å². The highest BCUT2D eigenvalue weighted by Gasteiger charge is 1.96. The molecule has 0 amide bonds. The molecule has 1 rings (SSSR count). The lowest BCUT2D eigenvalue weighted by atomic mass is 10.2. The fraction of sp³-hybridized carbons (Fsp3) is 0.400. The van der Waals surface area contributed by atoms with Gasteiger partial charge in [-0.25, -0.2) is 0 Å². The van der Waals surface area contributed by atoms with Crippen molar-refractivity contribution in [2.75, 3.05) is 6.54 Å². The van der Waals surface area contributed by atoms with E-state index in [9.17, 15) is 0 Å². The van der Waals surface area contributed by atoms with Crippen molar-refractivity contribution < 1.29 is 0 Å². The Bertz CT molecular complexity index is 280. The largest absolute Gasteiger partial charge is 0.312 e. The zero-order valence-corrected chi connectivity index (χ0v) is 10.2. The molecule has 13 heavy (non-hydrogen) atoms. The lowest BCUT2D eigenvalue weighted by Crippen LogP contribution is -2.13. The van der Waals surface area contributed by atoms with E-state index in [1.807, 2.05) is 0 Å². The maximum Gasteiger partial charge on any atom is 0.0300 e. The standard InChI is InChI=1S/C10H14BrNS/c1-8(2)3-4-12-6-10-5-9(11)7-13-10/h5,7,12H,1,3-4,6H2,2H3. The van der Waals surface area contributed by atoms with E-state index in [4.69, 9.17) is 0 Å². The summed E-state index contributed by atoms with van der Waals surface area (Å²) in [5, 5.41) is 5.48. The lowest BCUT2D eigenvalue weighted by molar-refractivity contribution is 0.691. The Morgan fingerprint density at radius 2 is 2.46 bits per heavy atom. The Labute approximate surface area is 92.0 Å². The highest BCUT2D eigenvalue weighted by Crippen LogP contribution is 2.19. The summed E-state index contributed by atoms with van der Waals surface area (Å²) in [6, 6.07) is 2.15. The maximum absolute atomic E-state index is 3.86. The van der Waals surface area contributed by atoms with Crippen LogP contribution in [0.4, 0.5) is 0 Å². The van der Waals surface area contributed by atoms with Gasteiger partial charge in [0, 0.05) is 21.3 Å². The summed E-state index contributed by atoms with van der Waals surface area (Å²) in [5.41, 5.74) is 1.24. The summed E-state index contributed by atoms with van der Waals surface area (Å²) < 4.78 is 1.18. The quantitative estimate of drug-likeness (QED) is 0.630. The van der Waals surface area contributed by atoms with Gasteiger partial charge in [-0.1, -0.05) is 5.57 Å². The van der Waals surface area contributed by atoms with Gasteiger partial charge < -0.3 is 5.32 Å². The van der Waals surface area contributed by atoms with Gasteiger partial charge in [0.25, 0.3) is 0 Å². The number of halogens is 1. The Morgan fingerprint density at radius 3 is 3.00 bits per heavy atom. The smallest absolute Gasteiger partial charge is 0.0300 e. The van der Waals surface area contributed by atoms with Crippen molar-refractivity contribution >= 4 is 27.3 Å². The van der Waals surface area contributed by atoms with E-state index in [-0.39, 0.29) is 0 Å². The molecule has 0 aliphatic rings. The first-order valence-corrected chi connectivity index (χ1v) is 5.94. The first-order chi connectivity index (χ1) is 6.18. The van der Waals surface area contributed by atoms with Crippen molar-refractivity contribution in [3.8, 4) is 0 Å². The SMILES string of the molecule is C=C(C)CCNCc1cc(Br)cs1. The van der Waals surface area contributed by atoms with Crippen LogP contribution in [0.2, 0.25) is 0 Å². The normalized spacial score (nSPS) is 10.3. The van der Waals surface area contributed by atoms with Crippen LogP contribution in [0.3, 0.4) is 0 Å². The van der Waals surface area contributed by atoms with Crippen LogP contribution in [0, 0.1) is 0 Å². The monoisotopic (exact) mass is 259 g/mol. The first kappa shape index (κ1) is 11.0. The van der Waals surface area contributed by atoms with E-state index in [1.54, 1.807) is 11.3 Å². The molecule has 0 aromatic carbocycles. The molecule has 1 heterocycles. The number of thiophene rings is 1. The molecule has 72 valence electrons. The van der Waals surface area contributed by atoms with Crippen molar-refractivity contribution in [2.24, 2.45) is 0 Å². The van der Waals surface area contributed by atoms with Gasteiger partial charge in [0.15, 0.2) is 0 Å². The molecule has 0 aliphatic carbocycles. The summed E-state index contributed by atoms with van der Waals surface area (Å²) in [6.45, 7) is 7.90. The molecule has 0 saturated heterocycles. The second-order valence-corrected chi connectivity index (χ2v) is 5.03. The van der Waals surface area contributed by atoms with Gasteiger partial charge in [0.2, 0.25) is 0 Å². The summed E-state index contributed by atoms with van der Waals surface area (Å²) in [4.78, 5) is 1.37. The third-order valence-electron chi connectivity index (χ3n) is 1.65. The van der Waals surface area contributed by atoms with Crippen molar-refractivity contribution in [2.45, 2.75) is 19.9 Å². The molecule has 0 fully saturated rings. The van der Waals surface area contributed by atoms with Gasteiger partial charge in [0.1, 0.15) is 0 Å². The molecule has 0 bridgehead atoms. The predicted molar refractivity (Wildman–Crippen MR) is 63.2 cm³/mol. The molecule has 0 unspecified atom stereocenters. The summed E-state index contributed by atoms with van der Waals surface area (Å²) in [6.07, 6.45) is 1.06. The average Bonchev–Trinajstić information content (AvgIpc) is 2.45. The Morgan fingerprint density at radius 1 is 1.69 bits per heavy atom. The molecule has 1 aromatic heterocycles. The molecular weight excluding hydrogens is 246 g/mol.